The lowest BCUT2D eigenvalue weighted by Crippen LogP contribution is -2.59. The minimum absolute atomic E-state index is 0.0314. The number of aliphatic imine (C=N–C) groups is 1. The number of guanidine groups is 1. The summed E-state index contributed by atoms with van der Waals surface area (Å²) in [7, 11) is 0. The van der Waals surface area contributed by atoms with Crippen LogP contribution in [0.2, 0.25) is 0 Å². The fourth-order valence-corrected chi connectivity index (χ4v) is 3.79. The molecule has 116 valence electrons. The number of nitrogens with zero attached hydrogens (tertiary/aromatic N) is 1. The van der Waals surface area contributed by atoms with Gasteiger partial charge in [-0.1, -0.05) is 19.3 Å². The predicted octanol–water partition coefficient (Wildman–Crippen LogP) is 2.82. The average molecular weight is 281 g/mol. The number of hydrogen-bond donors (Lipinski definition) is 2. The Labute approximate surface area is 123 Å². The molecule has 0 aliphatic heterocycles. The predicted molar refractivity (Wildman–Crippen MR) is 83.8 cm³/mol. The molecular weight excluding hydrogens is 250 g/mol. The lowest BCUT2D eigenvalue weighted by Gasteiger charge is -2.56. The van der Waals surface area contributed by atoms with Gasteiger partial charge in [0, 0.05) is 17.6 Å². The minimum atomic E-state index is -0.0314. The summed E-state index contributed by atoms with van der Waals surface area (Å²) in [4.78, 5) is 4.78. The molecule has 3 N–H and O–H groups in total. The van der Waals surface area contributed by atoms with Gasteiger partial charge >= 0.3 is 0 Å². The van der Waals surface area contributed by atoms with Crippen LogP contribution < -0.4 is 11.1 Å². The van der Waals surface area contributed by atoms with Crippen LogP contribution in [0.1, 0.15) is 66.2 Å². The zero-order chi connectivity index (χ0) is 14.8. The molecule has 2 fully saturated rings. The lowest BCUT2D eigenvalue weighted by molar-refractivity contribution is -0.139. The molecule has 2 aliphatic carbocycles. The first-order valence-corrected chi connectivity index (χ1v) is 8.10. The van der Waals surface area contributed by atoms with E-state index in [0.717, 1.165) is 13.0 Å². The number of hydrogen-bond acceptors (Lipinski definition) is 2. The maximum atomic E-state index is 6.08. The van der Waals surface area contributed by atoms with Gasteiger partial charge < -0.3 is 15.8 Å². The number of ether oxygens (including phenoxy) is 1. The summed E-state index contributed by atoms with van der Waals surface area (Å²) in [5.41, 5.74) is 6.31. The van der Waals surface area contributed by atoms with Gasteiger partial charge in [0.05, 0.1) is 12.1 Å². The van der Waals surface area contributed by atoms with Crippen molar-refractivity contribution in [1.82, 2.24) is 5.32 Å². The van der Waals surface area contributed by atoms with Gasteiger partial charge in [-0.2, -0.15) is 0 Å². The van der Waals surface area contributed by atoms with Gasteiger partial charge in [0.2, 0.25) is 0 Å². The summed E-state index contributed by atoms with van der Waals surface area (Å²) < 4.78 is 5.95. The molecule has 2 unspecified atom stereocenters. The highest BCUT2D eigenvalue weighted by atomic mass is 16.5. The van der Waals surface area contributed by atoms with Gasteiger partial charge in [0.15, 0.2) is 5.96 Å². The molecule has 0 aromatic heterocycles. The van der Waals surface area contributed by atoms with Gasteiger partial charge in [-0.15, -0.1) is 0 Å². The van der Waals surface area contributed by atoms with Crippen LogP contribution in [-0.4, -0.2) is 30.3 Å². The van der Waals surface area contributed by atoms with Crippen molar-refractivity contribution in [2.45, 2.75) is 83.9 Å². The van der Waals surface area contributed by atoms with Crippen molar-refractivity contribution in [3.05, 3.63) is 0 Å². The van der Waals surface area contributed by atoms with Gasteiger partial charge in [-0.3, -0.25) is 0 Å². The Morgan fingerprint density at radius 1 is 1.30 bits per heavy atom. The van der Waals surface area contributed by atoms with Crippen LogP contribution in [0.5, 0.6) is 0 Å². The summed E-state index contributed by atoms with van der Waals surface area (Å²) >= 11 is 0. The van der Waals surface area contributed by atoms with Crippen molar-refractivity contribution in [1.29, 1.82) is 0 Å². The second-order valence-corrected chi connectivity index (χ2v) is 7.38. The van der Waals surface area contributed by atoms with Crippen LogP contribution in [0.3, 0.4) is 0 Å². The largest absolute Gasteiger partial charge is 0.378 e. The second-order valence-electron chi connectivity index (χ2n) is 7.38. The molecule has 4 nitrogen and oxygen atoms in total. The highest BCUT2D eigenvalue weighted by molar-refractivity contribution is 5.78. The normalized spacial score (nSPS) is 30.1. The monoisotopic (exact) mass is 281 g/mol. The standard InChI is InChI=1S/C16H31N3O/c1-5-20-13-11-12(16(13)9-7-6-8-10-16)18-14(17)19-15(2,3)4/h12-13H,5-11H2,1-4H3,(H3,17,18,19). The van der Waals surface area contributed by atoms with Crippen LogP contribution in [-0.2, 0) is 4.74 Å². The van der Waals surface area contributed by atoms with Crippen molar-refractivity contribution in [2.24, 2.45) is 16.1 Å². The molecule has 0 radical (unpaired) electrons. The van der Waals surface area contributed by atoms with Crippen molar-refractivity contribution in [2.75, 3.05) is 6.61 Å². The first kappa shape index (κ1) is 15.6. The molecule has 2 saturated carbocycles. The Balaban J connectivity index is 2.06. The van der Waals surface area contributed by atoms with E-state index in [-0.39, 0.29) is 11.0 Å². The third kappa shape index (κ3) is 3.27. The molecule has 2 aliphatic rings. The third-order valence-corrected chi connectivity index (χ3v) is 4.69. The Hall–Kier alpha value is -0.770. The summed E-state index contributed by atoms with van der Waals surface area (Å²) in [6.45, 7) is 9.21. The first-order valence-electron chi connectivity index (χ1n) is 8.10. The molecule has 0 amide bonds. The van der Waals surface area contributed by atoms with Gasteiger partial charge in [-0.25, -0.2) is 4.99 Å². The van der Waals surface area contributed by atoms with E-state index in [9.17, 15) is 0 Å². The van der Waals surface area contributed by atoms with Gasteiger partial charge in [0.1, 0.15) is 0 Å². The third-order valence-electron chi connectivity index (χ3n) is 4.69. The van der Waals surface area contributed by atoms with Crippen LogP contribution in [0, 0.1) is 5.41 Å². The lowest BCUT2D eigenvalue weighted by atomic mass is 9.55. The molecule has 2 atom stereocenters. The highest BCUT2D eigenvalue weighted by Gasteiger charge is 2.55. The average Bonchev–Trinajstić information content (AvgIpc) is 2.36. The molecule has 0 bridgehead atoms. The highest BCUT2D eigenvalue weighted by Crippen LogP contribution is 2.54. The number of nitrogens with one attached hydrogen (secondary N) is 1. The van der Waals surface area contributed by atoms with E-state index in [0.29, 0.717) is 18.1 Å². The minimum Gasteiger partial charge on any atom is -0.378 e. The maximum Gasteiger partial charge on any atom is 0.189 e. The number of rotatable bonds is 3. The van der Waals surface area contributed by atoms with E-state index >= 15 is 0 Å². The molecule has 4 heteroatoms. The Kier molecular flexibility index (Phi) is 4.62. The first-order chi connectivity index (χ1) is 9.37. The molecule has 0 aromatic carbocycles. The molecule has 0 saturated heterocycles. The van der Waals surface area contributed by atoms with E-state index in [1.165, 1.54) is 32.1 Å². The van der Waals surface area contributed by atoms with Crippen LogP contribution in [0.15, 0.2) is 4.99 Å². The van der Waals surface area contributed by atoms with Gasteiger partial charge in [-0.05, 0) is 47.0 Å². The Bertz CT molecular complexity index is 353. The van der Waals surface area contributed by atoms with Crippen molar-refractivity contribution in [3.63, 3.8) is 0 Å². The summed E-state index contributed by atoms with van der Waals surface area (Å²) in [6, 6.07) is 0.342. The smallest absolute Gasteiger partial charge is 0.189 e. The molecule has 20 heavy (non-hydrogen) atoms. The zero-order valence-electron chi connectivity index (χ0n) is 13.5. The maximum absolute atomic E-state index is 6.08. The summed E-state index contributed by atoms with van der Waals surface area (Å²) in [5.74, 6) is 0.586. The van der Waals surface area contributed by atoms with E-state index in [1.807, 2.05) is 0 Å². The van der Waals surface area contributed by atoms with E-state index in [2.05, 4.69) is 33.0 Å². The van der Waals surface area contributed by atoms with Crippen molar-refractivity contribution >= 4 is 5.96 Å². The fraction of sp³-hybridized carbons (Fsp3) is 0.938. The molecule has 0 heterocycles. The van der Waals surface area contributed by atoms with Crippen molar-refractivity contribution in [3.8, 4) is 0 Å². The second kappa shape index (κ2) is 5.92. The summed E-state index contributed by atoms with van der Waals surface area (Å²) in [6.07, 6.45) is 7.88. The Morgan fingerprint density at radius 2 is 1.95 bits per heavy atom. The summed E-state index contributed by atoms with van der Waals surface area (Å²) in [5, 5.41) is 3.27. The molecular formula is C16H31N3O. The molecule has 2 rings (SSSR count). The van der Waals surface area contributed by atoms with E-state index < -0.39 is 0 Å². The molecule has 0 aromatic rings. The van der Waals surface area contributed by atoms with Crippen LogP contribution in [0.4, 0.5) is 0 Å². The zero-order valence-corrected chi connectivity index (χ0v) is 13.5. The van der Waals surface area contributed by atoms with E-state index in [1.54, 1.807) is 0 Å². The fourth-order valence-electron chi connectivity index (χ4n) is 3.79. The van der Waals surface area contributed by atoms with Crippen LogP contribution >= 0.6 is 0 Å². The van der Waals surface area contributed by atoms with E-state index in [4.69, 9.17) is 15.5 Å². The molecule has 1 spiro atoms. The van der Waals surface area contributed by atoms with Crippen molar-refractivity contribution < 1.29 is 4.74 Å². The SMILES string of the molecule is CCOC1CC(N=C(N)NC(C)(C)C)C12CCCCC2. The van der Waals surface area contributed by atoms with Gasteiger partial charge in [0.25, 0.3) is 0 Å². The quantitative estimate of drug-likeness (QED) is 0.618. The number of nitrogens with two attached hydrogens (primary N) is 1. The Morgan fingerprint density at radius 3 is 2.50 bits per heavy atom. The topological polar surface area (TPSA) is 59.6 Å². The van der Waals surface area contributed by atoms with Crippen LogP contribution in [0.25, 0.3) is 0 Å².